The Kier molecular flexibility index (Phi) is 6.81. The quantitative estimate of drug-likeness (QED) is 0.675. The van der Waals surface area contributed by atoms with Crippen LogP contribution in [-0.2, 0) is 10.0 Å². The largest absolute Gasteiger partial charge is 0.369 e. The van der Waals surface area contributed by atoms with Gasteiger partial charge in [-0.1, -0.05) is 30.1 Å². The van der Waals surface area contributed by atoms with Gasteiger partial charge in [0.15, 0.2) is 0 Å². The van der Waals surface area contributed by atoms with E-state index in [0.29, 0.717) is 34.8 Å². The first-order chi connectivity index (χ1) is 9.39. The van der Waals surface area contributed by atoms with Crippen molar-refractivity contribution in [2.45, 2.75) is 13.8 Å². The van der Waals surface area contributed by atoms with Crippen LogP contribution >= 0.6 is 23.2 Å². The maximum absolute atomic E-state index is 11.5. The van der Waals surface area contributed by atoms with E-state index in [9.17, 15) is 8.42 Å². The summed E-state index contributed by atoms with van der Waals surface area (Å²) in [5.41, 5.74) is 0. The van der Waals surface area contributed by atoms with Crippen molar-refractivity contribution in [3.63, 3.8) is 0 Å². The van der Waals surface area contributed by atoms with E-state index in [-0.39, 0.29) is 12.3 Å². The molecule has 1 aromatic heterocycles. The van der Waals surface area contributed by atoms with Gasteiger partial charge in [0.05, 0.1) is 15.8 Å². The Morgan fingerprint density at radius 2 is 1.70 bits per heavy atom. The SMILES string of the molecule is CCNc1nc(NCCS(=O)(=O)NCC)c(Cl)cc1Cl. The molecule has 0 fully saturated rings. The van der Waals surface area contributed by atoms with E-state index in [2.05, 4.69) is 20.3 Å². The van der Waals surface area contributed by atoms with Gasteiger partial charge in [0, 0.05) is 19.6 Å². The van der Waals surface area contributed by atoms with Crippen LogP contribution in [0, 0.1) is 0 Å². The summed E-state index contributed by atoms with van der Waals surface area (Å²) < 4.78 is 25.4. The van der Waals surface area contributed by atoms with Crippen molar-refractivity contribution in [2.24, 2.45) is 0 Å². The smallest absolute Gasteiger partial charge is 0.213 e. The summed E-state index contributed by atoms with van der Waals surface area (Å²) in [6, 6.07) is 1.56. The minimum atomic E-state index is -3.27. The molecule has 0 amide bonds. The number of aromatic nitrogens is 1. The van der Waals surface area contributed by atoms with Crippen LogP contribution in [0.4, 0.5) is 11.6 Å². The van der Waals surface area contributed by atoms with E-state index >= 15 is 0 Å². The van der Waals surface area contributed by atoms with Crippen LogP contribution in [0.15, 0.2) is 6.07 Å². The highest BCUT2D eigenvalue weighted by Gasteiger charge is 2.11. The molecule has 9 heteroatoms. The Labute approximate surface area is 129 Å². The predicted molar refractivity (Wildman–Crippen MR) is 84.4 cm³/mol. The molecule has 0 aliphatic heterocycles. The van der Waals surface area contributed by atoms with E-state index in [4.69, 9.17) is 23.2 Å². The lowest BCUT2D eigenvalue weighted by atomic mass is 10.4. The van der Waals surface area contributed by atoms with Crippen LogP contribution in [0.25, 0.3) is 0 Å². The molecule has 1 rings (SSSR count). The molecule has 0 saturated heterocycles. The van der Waals surface area contributed by atoms with Crippen LogP contribution in [0.1, 0.15) is 13.8 Å². The molecule has 0 aromatic carbocycles. The van der Waals surface area contributed by atoms with Gasteiger partial charge in [0.1, 0.15) is 11.6 Å². The van der Waals surface area contributed by atoms with E-state index < -0.39 is 10.0 Å². The highest BCUT2D eigenvalue weighted by Crippen LogP contribution is 2.28. The summed E-state index contributed by atoms with van der Waals surface area (Å²) in [5.74, 6) is 0.854. The van der Waals surface area contributed by atoms with E-state index in [1.165, 1.54) is 0 Å². The summed E-state index contributed by atoms with van der Waals surface area (Å²) in [5, 5.41) is 6.65. The average molecular weight is 341 g/mol. The number of rotatable bonds is 8. The predicted octanol–water partition coefficient (Wildman–Crippen LogP) is 2.17. The normalized spacial score (nSPS) is 11.4. The molecule has 6 nitrogen and oxygen atoms in total. The average Bonchev–Trinajstić information content (AvgIpc) is 2.34. The number of hydrogen-bond acceptors (Lipinski definition) is 5. The van der Waals surface area contributed by atoms with Gasteiger partial charge in [-0.05, 0) is 13.0 Å². The standard InChI is InChI=1S/C11H18Cl2N4O2S/c1-3-14-10-8(12)7-9(13)11(17-10)15-5-6-20(18,19)16-4-2/h7,16H,3-6H2,1-2H3,(H2,14,15,17). The second-order valence-corrected chi connectivity index (χ2v) is 6.66. The van der Waals surface area contributed by atoms with Crippen molar-refractivity contribution in [3.05, 3.63) is 16.1 Å². The Morgan fingerprint density at radius 3 is 2.25 bits per heavy atom. The number of hydrogen-bond donors (Lipinski definition) is 3. The van der Waals surface area contributed by atoms with E-state index in [1.807, 2.05) is 6.92 Å². The van der Waals surface area contributed by atoms with Crippen molar-refractivity contribution >= 4 is 44.9 Å². The van der Waals surface area contributed by atoms with Gasteiger partial charge >= 0.3 is 0 Å². The van der Waals surface area contributed by atoms with Crippen LogP contribution in [0.2, 0.25) is 10.0 Å². The Hall–Kier alpha value is -0.760. The first kappa shape index (κ1) is 17.3. The van der Waals surface area contributed by atoms with Crippen LogP contribution in [0.3, 0.4) is 0 Å². The maximum atomic E-state index is 11.5. The molecule has 20 heavy (non-hydrogen) atoms. The minimum Gasteiger partial charge on any atom is -0.369 e. The second kappa shape index (κ2) is 7.87. The molecule has 0 bridgehead atoms. The van der Waals surface area contributed by atoms with Crippen LogP contribution in [-0.4, -0.2) is 38.8 Å². The molecule has 0 atom stereocenters. The second-order valence-electron chi connectivity index (χ2n) is 3.92. The molecule has 3 N–H and O–H groups in total. The lowest BCUT2D eigenvalue weighted by Gasteiger charge is -2.12. The van der Waals surface area contributed by atoms with Crippen LogP contribution < -0.4 is 15.4 Å². The molecule has 0 radical (unpaired) electrons. The number of nitrogens with one attached hydrogen (secondary N) is 3. The number of anilines is 2. The van der Waals surface area contributed by atoms with E-state index in [1.54, 1.807) is 13.0 Å². The molecule has 0 aliphatic rings. The molecule has 1 aromatic rings. The summed E-state index contributed by atoms with van der Waals surface area (Å²) >= 11 is 12.0. The molecule has 1 heterocycles. The molecule has 0 unspecified atom stereocenters. The van der Waals surface area contributed by atoms with Gasteiger partial charge in [-0.25, -0.2) is 18.1 Å². The monoisotopic (exact) mass is 340 g/mol. The summed E-state index contributed by atoms with van der Waals surface area (Å²) in [6.45, 7) is 4.89. The third-order valence-electron chi connectivity index (χ3n) is 2.30. The highest BCUT2D eigenvalue weighted by molar-refractivity contribution is 7.89. The minimum absolute atomic E-state index is 0.0575. The van der Waals surface area contributed by atoms with Crippen molar-refractivity contribution in [1.29, 1.82) is 0 Å². The lowest BCUT2D eigenvalue weighted by Crippen LogP contribution is -2.29. The zero-order valence-corrected chi connectivity index (χ0v) is 13.7. The topological polar surface area (TPSA) is 83.1 Å². The zero-order valence-electron chi connectivity index (χ0n) is 11.3. The van der Waals surface area contributed by atoms with Gasteiger partial charge in [-0.3, -0.25) is 0 Å². The fraction of sp³-hybridized carbons (Fsp3) is 0.545. The van der Waals surface area contributed by atoms with Crippen molar-refractivity contribution in [2.75, 3.05) is 36.0 Å². The van der Waals surface area contributed by atoms with Gasteiger partial charge < -0.3 is 10.6 Å². The highest BCUT2D eigenvalue weighted by atomic mass is 35.5. The van der Waals surface area contributed by atoms with Gasteiger partial charge in [-0.15, -0.1) is 0 Å². The summed E-state index contributed by atoms with van der Waals surface area (Å²) in [6.07, 6.45) is 0. The molecule has 114 valence electrons. The third-order valence-corrected chi connectivity index (χ3v) is 4.35. The Morgan fingerprint density at radius 1 is 1.10 bits per heavy atom. The van der Waals surface area contributed by atoms with Crippen molar-refractivity contribution < 1.29 is 8.42 Å². The first-order valence-corrected chi connectivity index (χ1v) is 8.61. The molecule has 0 spiro atoms. The van der Waals surface area contributed by atoms with Gasteiger partial charge in [0.25, 0.3) is 0 Å². The van der Waals surface area contributed by atoms with Crippen molar-refractivity contribution in [3.8, 4) is 0 Å². The fourth-order valence-electron chi connectivity index (χ4n) is 1.48. The van der Waals surface area contributed by atoms with Crippen LogP contribution in [0.5, 0.6) is 0 Å². The summed E-state index contributed by atoms with van der Waals surface area (Å²) in [7, 11) is -3.27. The lowest BCUT2D eigenvalue weighted by molar-refractivity contribution is 0.584. The molecule has 0 saturated carbocycles. The third kappa shape index (κ3) is 5.32. The van der Waals surface area contributed by atoms with Gasteiger partial charge in [0.2, 0.25) is 10.0 Å². The molecular formula is C11H18Cl2N4O2S. The number of nitrogens with zero attached hydrogens (tertiary/aromatic N) is 1. The molecule has 0 aliphatic carbocycles. The number of sulfonamides is 1. The fourth-order valence-corrected chi connectivity index (χ4v) is 2.93. The number of halogens is 2. The Balaban J connectivity index is 2.70. The maximum Gasteiger partial charge on any atom is 0.213 e. The number of pyridine rings is 1. The molecular weight excluding hydrogens is 323 g/mol. The summed E-state index contributed by atoms with van der Waals surface area (Å²) in [4.78, 5) is 4.23. The first-order valence-electron chi connectivity index (χ1n) is 6.20. The van der Waals surface area contributed by atoms with E-state index in [0.717, 1.165) is 0 Å². The van der Waals surface area contributed by atoms with Crippen molar-refractivity contribution in [1.82, 2.24) is 9.71 Å². The Bertz CT molecular complexity index is 552. The van der Waals surface area contributed by atoms with Gasteiger partial charge in [-0.2, -0.15) is 0 Å². The zero-order chi connectivity index (χ0) is 15.2.